The quantitative estimate of drug-likeness (QED) is 0.745. The number of carbonyl (C=O) groups excluding carboxylic acids is 2. The molecule has 3 aliphatic rings. The number of aliphatic hydroxyl groups excluding tert-OH is 1. The number of aliphatic hydroxyl groups is 1. The summed E-state index contributed by atoms with van der Waals surface area (Å²) >= 11 is 5.97. The van der Waals surface area contributed by atoms with E-state index in [1.807, 2.05) is 16.7 Å². The number of hydrogen-bond donors (Lipinski definition) is 2. The molecule has 3 amide bonds. The largest absolute Gasteiger partial charge is 0.394 e. The van der Waals surface area contributed by atoms with E-state index in [1.54, 1.807) is 24.3 Å². The zero-order valence-electron chi connectivity index (χ0n) is 18.2. The van der Waals surface area contributed by atoms with Gasteiger partial charge in [0, 0.05) is 55.4 Å². The second-order valence-corrected chi connectivity index (χ2v) is 9.86. The van der Waals surface area contributed by atoms with Crippen LogP contribution in [-0.4, -0.2) is 88.7 Å². The molecular formula is C23H33ClN4O3. The Morgan fingerprint density at radius 2 is 1.77 bits per heavy atom. The molecule has 31 heavy (non-hydrogen) atoms. The Balaban J connectivity index is 1.45. The van der Waals surface area contributed by atoms with E-state index in [2.05, 4.69) is 10.2 Å². The van der Waals surface area contributed by atoms with Crippen molar-refractivity contribution in [2.24, 2.45) is 0 Å². The molecule has 2 heterocycles. The smallest absolute Gasteiger partial charge is 0.317 e. The van der Waals surface area contributed by atoms with E-state index in [1.165, 1.54) is 19.3 Å². The summed E-state index contributed by atoms with van der Waals surface area (Å²) in [5.41, 5.74) is 0.0533. The first kappa shape index (κ1) is 22.4. The molecule has 170 valence electrons. The molecule has 0 aromatic heterocycles. The minimum absolute atomic E-state index is 0.00148. The van der Waals surface area contributed by atoms with Gasteiger partial charge in [-0.2, -0.15) is 0 Å². The molecule has 1 saturated carbocycles. The molecule has 4 rings (SSSR count). The van der Waals surface area contributed by atoms with Gasteiger partial charge in [-0.3, -0.25) is 9.69 Å². The molecule has 1 aliphatic carbocycles. The number of rotatable bonds is 3. The summed E-state index contributed by atoms with van der Waals surface area (Å²) in [6, 6.07) is 7.17. The van der Waals surface area contributed by atoms with Gasteiger partial charge in [0.05, 0.1) is 12.1 Å². The maximum Gasteiger partial charge on any atom is 0.317 e. The Kier molecular flexibility index (Phi) is 6.74. The summed E-state index contributed by atoms with van der Waals surface area (Å²) in [5, 5.41) is 14.0. The fourth-order valence-electron chi connectivity index (χ4n) is 5.31. The first-order valence-electron chi connectivity index (χ1n) is 11.4. The molecule has 0 bridgehead atoms. The lowest BCUT2D eigenvalue weighted by Crippen LogP contribution is -2.73. The predicted molar refractivity (Wildman–Crippen MR) is 120 cm³/mol. The second-order valence-electron chi connectivity index (χ2n) is 9.43. The maximum atomic E-state index is 13.2. The Morgan fingerprint density at radius 1 is 1.10 bits per heavy atom. The Bertz CT molecular complexity index is 799. The molecule has 2 atom stereocenters. The molecule has 0 radical (unpaired) electrons. The van der Waals surface area contributed by atoms with E-state index in [0.29, 0.717) is 43.3 Å². The van der Waals surface area contributed by atoms with Gasteiger partial charge in [0.2, 0.25) is 0 Å². The van der Waals surface area contributed by atoms with Crippen LogP contribution in [0.1, 0.15) is 49.4 Å². The molecule has 3 fully saturated rings. The highest BCUT2D eigenvalue weighted by Crippen LogP contribution is 2.29. The summed E-state index contributed by atoms with van der Waals surface area (Å²) in [7, 11) is 0. The van der Waals surface area contributed by atoms with Crippen molar-refractivity contribution < 1.29 is 14.7 Å². The summed E-state index contributed by atoms with van der Waals surface area (Å²) in [6.07, 6.45) is 5.72. The van der Waals surface area contributed by atoms with Crippen molar-refractivity contribution in [1.29, 1.82) is 0 Å². The van der Waals surface area contributed by atoms with Gasteiger partial charge in [0.1, 0.15) is 0 Å². The van der Waals surface area contributed by atoms with Gasteiger partial charge in [-0.25, -0.2) is 4.79 Å². The van der Waals surface area contributed by atoms with Crippen molar-refractivity contribution in [2.45, 2.75) is 56.7 Å². The molecule has 8 heteroatoms. The Labute approximate surface area is 189 Å². The zero-order valence-corrected chi connectivity index (χ0v) is 19.0. The van der Waals surface area contributed by atoms with Crippen LogP contribution in [0.5, 0.6) is 0 Å². The third kappa shape index (κ3) is 4.83. The molecule has 1 aromatic carbocycles. The van der Waals surface area contributed by atoms with Gasteiger partial charge in [0.15, 0.2) is 0 Å². The molecule has 0 unspecified atom stereocenters. The maximum absolute atomic E-state index is 13.2. The number of nitrogens with zero attached hydrogens (tertiary/aromatic N) is 3. The topological polar surface area (TPSA) is 76.1 Å². The molecule has 1 aromatic rings. The number of benzene rings is 1. The number of nitrogens with one attached hydrogen (secondary N) is 1. The molecular weight excluding hydrogens is 416 g/mol. The fraction of sp³-hybridized carbons (Fsp3) is 0.652. The predicted octanol–water partition coefficient (Wildman–Crippen LogP) is 2.58. The number of amides is 3. The number of hydrogen-bond acceptors (Lipinski definition) is 4. The van der Waals surface area contributed by atoms with Gasteiger partial charge in [-0.1, -0.05) is 30.9 Å². The lowest BCUT2D eigenvalue weighted by molar-refractivity contribution is -0.0770. The van der Waals surface area contributed by atoms with Crippen LogP contribution in [0.2, 0.25) is 5.02 Å². The average molecular weight is 449 g/mol. The molecule has 2 aliphatic heterocycles. The average Bonchev–Trinajstić information content (AvgIpc) is 2.79. The number of piperazine rings is 2. The van der Waals surface area contributed by atoms with E-state index in [4.69, 9.17) is 11.6 Å². The molecule has 7 nitrogen and oxygen atoms in total. The highest BCUT2D eigenvalue weighted by molar-refractivity contribution is 6.30. The van der Waals surface area contributed by atoms with Crippen molar-refractivity contribution in [1.82, 2.24) is 20.0 Å². The van der Waals surface area contributed by atoms with E-state index in [-0.39, 0.29) is 30.6 Å². The van der Waals surface area contributed by atoms with Crippen molar-refractivity contribution in [3.63, 3.8) is 0 Å². The number of fused-ring (bicyclic) bond motifs is 1. The SMILES string of the molecule is C[C@@]1(CO)CN(C(=O)c2ccc(Cl)cc2)C[C@@H]2CN(C(=O)NC3CCCCC3)CCN21. The first-order valence-corrected chi connectivity index (χ1v) is 11.8. The van der Waals surface area contributed by atoms with Crippen molar-refractivity contribution >= 4 is 23.5 Å². The van der Waals surface area contributed by atoms with Crippen LogP contribution < -0.4 is 5.32 Å². The molecule has 2 saturated heterocycles. The lowest BCUT2D eigenvalue weighted by atomic mass is 9.91. The van der Waals surface area contributed by atoms with E-state index >= 15 is 0 Å². The Hall–Kier alpha value is -1.83. The summed E-state index contributed by atoms with van der Waals surface area (Å²) in [5.74, 6) is -0.0697. The summed E-state index contributed by atoms with van der Waals surface area (Å²) in [4.78, 5) is 32.0. The second kappa shape index (κ2) is 9.35. The van der Waals surface area contributed by atoms with Crippen LogP contribution in [0.25, 0.3) is 0 Å². The monoisotopic (exact) mass is 448 g/mol. The number of carbonyl (C=O) groups is 2. The summed E-state index contributed by atoms with van der Waals surface area (Å²) in [6.45, 7) is 4.83. The number of urea groups is 1. The van der Waals surface area contributed by atoms with E-state index in [0.717, 1.165) is 12.8 Å². The van der Waals surface area contributed by atoms with Crippen molar-refractivity contribution in [2.75, 3.05) is 39.3 Å². The van der Waals surface area contributed by atoms with Crippen molar-refractivity contribution in [3.05, 3.63) is 34.9 Å². The van der Waals surface area contributed by atoms with Crippen LogP contribution in [0.15, 0.2) is 24.3 Å². The van der Waals surface area contributed by atoms with E-state index in [9.17, 15) is 14.7 Å². The van der Waals surface area contributed by atoms with Crippen molar-refractivity contribution in [3.8, 4) is 0 Å². The van der Waals surface area contributed by atoms with Gasteiger partial charge in [-0.15, -0.1) is 0 Å². The van der Waals surface area contributed by atoms with Crippen LogP contribution in [0.4, 0.5) is 4.79 Å². The van der Waals surface area contributed by atoms with Crippen LogP contribution in [-0.2, 0) is 0 Å². The lowest BCUT2D eigenvalue weighted by Gasteiger charge is -2.56. The third-order valence-corrected chi connectivity index (χ3v) is 7.33. The van der Waals surface area contributed by atoms with Gasteiger partial charge in [0.25, 0.3) is 5.91 Å². The standard InChI is InChI=1S/C23H33ClN4O3/c1-23(16-29)15-27(21(30)17-7-9-18(24)10-8-17)14-20-13-26(11-12-28(20)23)22(31)25-19-5-3-2-4-6-19/h7-10,19-20,29H,2-6,11-16H2,1H3,(H,25,31)/t20-,23-/m0/s1. The van der Waals surface area contributed by atoms with Gasteiger partial charge >= 0.3 is 6.03 Å². The minimum Gasteiger partial charge on any atom is -0.394 e. The Morgan fingerprint density at radius 3 is 2.45 bits per heavy atom. The van der Waals surface area contributed by atoms with Crippen LogP contribution in [0, 0.1) is 0 Å². The highest BCUT2D eigenvalue weighted by atomic mass is 35.5. The third-order valence-electron chi connectivity index (χ3n) is 7.08. The summed E-state index contributed by atoms with van der Waals surface area (Å²) < 4.78 is 0. The number of halogens is 1. The van der Waals surface area contributed by atoms with Crippen LogP contribution >= 0.6 is 11.6 Å². The molecule has 0 spiro atoms. The highest BCUT2D eigenvalue weighted by Gasteiger charge is 2.47. The minimum atomic E-state index is -0.531. The molecule has 2 N–H and O–H groups in total. The zero-order chi connectivity index (χ0) is 22.0. The normalized spacial score (nSPS) is 27.6. The van der Waals surface area contributed by atoms with Gasteiger partial charge in [-0.05, 0) is 44.0 Å². The fourth-order valence-corrected chi connectivity index (χ4v) is 5.44. The van der Waals surface area contributed by atoms with Gasteiger partial charge < -0.3 is 20.2 Å². The van der Waals surface area contributed by atoms with E-state index < -0.39 is 5.54 Å². The van der Waals surface area contributed by atoms with Crippen LogP contribution in [0.3, 0.4) is 0 Å². The first-order chi connectivity index (χ1) is 14.9.